The quantitative estimate of drug-likeness (QED) is 0.195. The molecule has 6 aliphatic heterocycles. The van der Waals surface area contributed by atoms with Gasteiger partial charge in [-0.05, 0) is 84.7 Å². The average molecular weight is 840 g/mol. The molecule has 6 aliphatic rings. The topological polar surface area (TPSA) is 153 Å². The fourth-order valence-corrected chi connectivity index (χ4v) is 11.0. The first-order valence-electron chi connectivity index (χ1n) is 20.9. The number of imidazole rings is 1. The van der Waals surface area contributed by atoms with Crippen molar-refractivity contribution in [3.63, 3.8) is 0 Å². The number of anilines is 2. The second-order valence-corrected chi connectivity index (χ2v) is 17.8. The van der Waals surface area contributed by atoms with Crippen LogP contribution in [0, 0.1) is 5.82 Å². The summed E-state index contributed by atoms with van der Waals surface area (Å²) in [6, 6.07) is 16.3. The number of amides is 5. The number of aryl methyl sites for hydroxylation is 1. The summed E-state index contributed by atoms with van der Waals surface area (Å²) in [6.45, 7) is 3.59. The number of rotatable bonds is 9. The normalized spacial score (nSPS) is 22.4. The zero-order valence-electron chi connectivity index (χ0n) is 33.2. The molecule has 3 aromatic carbocycles. The maximum Gasteiger partial charge on any atom is 0.255 e. The van der Waals surface area contributed by atoms with Crippen LogP contribution in [0.25, 0.3) is 11.1 Å². The predicted octanol–water partition coefficient (Wildman–Crippen LogP) is 5.04. The molecule has 0 saturated carbocycles. The second kappa shape index (κ2) is 14.7. The number of aromatic nitrogens is 3. The molecule has 2 bridgehead atoms. The van der Waals surface area contributed by atoms with Crippen molar-refractivity contribution in [3.05, 3.63) is 118 Å². The minimum Gasteiger partial charge on any atom is -0.368 e. The van der Waals surface area contributed by atoms with Crippen molar-refractivity contribution in [2.45, 2.75) is 88.9 Å². The Hall–Kier alpha value is -6.26. The number of nitrogens with zero attached hydrogens (tertiary/aromatic N) is 7. The minimum atomic E-state index is -1.05. The SMILES string of the molecule is O=C1CCC(N2Cc3cc(CN4C5CCC4CN(c4ccc(-c6cc(F)c7c(c6)C(=O)N(C(C(=O)Nc6nccs6)c6ncn8c6CCC8)C7)cc4)C5)ccc3C2=O)C(=O)N1. The van der Waals surface area contributed by atoms with Crippen LogP contribution in [0.4, 0.5) is 15.2 Å². The smallest absolute Gasteiger partial charge is 0.255 e. The molecule has 2 aromatic heterocycles. The summed E-state index contributed by atoms with van der Waals surface area (Å²) in [7, 11) is 0. The van der Waals surface area contributed by atoms with E-state index in [1.54, 1.807) is 28.9 Å². The molecule has 11 rings (SSSR count). The molecule has 0 aliphatic carbocycles. The Kier molecular flexibility index (Phi) is 9.11. The first-order valence-corrected chi connectivity index (χ1v) is 21.8. The Balaban J connectivity index is 0.772. The van der Waals surface area contributed by atoms with Crippen molar-refractivity contribution in [2.75, 3.05) is 23.3 Å². The summed E-state index contributed by atoms with van der Waals surface area (Å²) in [4.78, 5) is 82.3. The van der Waals surface area contributed by atoms with E-state index in [1.165, 1.54) is 22.3 Å². The number of benzene rings is 3. The van der Waals surface area contributed by atoms with Crippen LogP contribution in [-0.4, -0.2) is 90.0 Å². The van der Waals surface area contributed by atoms with Gasteiger partial charge in [0.05, 0.1) is 18.6 Å². The highest BCUT2D eigenvalue weighted by molar-refractivity contribution is 7.13. The number of piperazine rings is 1. The van der Waals surface area contributed by atoms with Crippen molar-refractivity contribution in [2.24, 2.45) is 0 Å². The molecule has 5 amide bonds. The first kappa shape index (κ1) is 37.7. The molecule has 4 unspecified atom stereocenters. The summed E-state index contributed by atoms with van der Waals surface area (Å²) < 4.78 is 18.0. The van der Waals surface area contributed by atoms with E-state index in [9.17, 15) is 24.0 Å². The number of carbonyl (C=O) groups is 5. The third-order valence-corrected chi connectivity index (χ3v) is 14.1. The lowest BCUT2D eigenvalue weighted by Crippen LogP contribution is -2.53. The van der Waals surface area contributed by atoms with Crippen LogP contribution < -0.4 is 15.5 Å². The molecule has 0 spiro atoms. The number of imide groups is 1. The van der Waals surface area contributed by atoms with E-state index in [0.717, 1.165) is 79.9 Å². The number of fused-ring (bicyclic) bond motifs is 5. The van der Waals surface area contributed by atoms with Gasteiger partial charge in [-0.25, -0.2) is 14.4 Å². The standard InChI is InChI=1S/C45H42FN9O5S/c46-35-18-27(17-33-34(35)23-55(44(33)60)40(42(58)50-45-47-13-15-61-45)39-36-2-1-14-51(36)24-48-39)26-4-6-29(7-5-26)52-21-30-8-9-31(22-52)53(30)19-25-3-10-32-28(16-25)20-54(43(32)59)37-11-12-38(56)49-41(37)57/h3-7,10,13,15-18,24,30-31,37,40H,1-2,8-9,11-12,14,19-23H2,(H,47,50,58)(H,49,56,57). The molecule has 5 aromatic rings. The largest absolute Gasteiger partial charge is 0.368 e. The van der Waals surface area contributed by atoms with Gasteiger partial charge in [0.15, 0.2) is 11.2 Å². The van der Waals surface area contributed by atoms with Crippen LogP contribution in [-0.2, 0) is 47.0 Å². The van der Waals surface area contributed by atoms with E-state index in [-0.39, 0.29) is 35.9 Å². The van der Waals surface area contributed by atoms with Crippen LogP contribution >= 0.6 is 11.3 Å². The lowest BCUT2D eigenvalue weighted by molar-refractivity contribution is -0.137. The van der Waals surface area contributed by atoms with Gasteiger partial charge in [0.25, 0.3) is 17.7 Å². The van der Waals surface area contributed by atoms with Crippen LogP contribution in [0.3, 0.4) is 0 Å². The summed E-state index contributed by atoms with van der Waals surface area (Å²) in [5, 5.41) is 7.40. The average Bonchev–Trinajstić information content (AvgIpc) is 4.12. The molecular formula is C45H42FN9O5S. The number of carbonyl (C=O) groups excluding carboxylic acids is 5. The van der Waals surface area contributed by atoms with E-state index >= 15 is 4.39 Å². The third-order valence-electron chi connectivity index (χ3n) is 13.4. The van der Waals surface area contributed by atoms with E-state index in [1.807, 2.05) is 28.8 Å². The number of halogens is 1. The molecule has 2 N–H and O–H groups in total. The van der Waals surface area contributed by atoms with Crippen molar-refractivity contribution in [3.8, 4) is 11.1 Å². The fraction of sp³-hybridized carbons (Fsp3) is 0.356. The molecule has 310 valence electrons. The van der Waals surface area contributed by atoms with Gasteiger partial charge >= 0.3 is 0 Å². The van der Waals surface area contributed by atoms with Gasteiger partial charge in [0, 0.05) is 90.9 Å². The van der Waals surface area contributed by atoms with Gasteiger partial charge in [-0.3, -0.25) is 39.5 Å². The van der Waals surface area contributed by atoms with Crippen molar-refractivity contribution < 1.29 is 28.4 Å². The molecule has 14 nitrogen and oxygen atoms in total. The van der Waals surface area contributed by atoms with Crippen LogP contribution in [0.5, 0.6) is 0 Å². The number of piperidine rings is 1. The van der Waals surface area contributed by atoms with Crippen LogP contribution in [0.1, 0.15) is 86.9 Å². The summed E-state index contributed by atoms with van der Waals surface area (Å²) in [6.07, 6.45) is 7.71. The number of nitrogens with one attached hydrogen (secondary N) is 2. The van der Waals surface area contributed by atoms with Gasteiger partial charge in [0.1, 0.15) is 11.9 Å². The molecule has 3 fully saturated rings. The molecule has 0 radical (unpaired) electrons. The fourth-order valence-electron chi connectivity index (χ4n) is 10.4. The van der Waals surface area contributed by atoms with Crippen LogP contribution in [0.15, 0.2) is 72.5 Å². The maximum absolute atomic E-state index is 16.0. The van der Waals surface area contributed by atoms with Gasteiger partial charge in [-0.2, -0.15) is 0 Å². The highest BCUT2D eigenvalue weighted by atomic mass is 32.1. The molecule has 8 heterocycles. The number of hydrogen-bond donors (Lipinski definition) is 2. The zero-order chi connectivity index (χ0) is 41.5. The second-order valence-electron chi connectivity index (χ2n) is 16.9. The molecule has 3 saturated heterocycles. The van der Waals surface area contributed by atoms with Crippen molar-refractivity contribution in [1.82, 2.24) is 34.6 Å². The first-order chi connectivity index (χ1) is 29.7. The van der Waals surface area contributed by atoms with Gasteiger partial charge in [-0.1, -0.05) is 24.3 Å². The molecule has 16 heteroatoms. The highest BCUT2D eigenvalue weighted by Crippen LogP contribution is 2.40. The monoisotopic (exact) mass is 839 g/mol. The zero-order valence-corrected chi connectivity index (χ0v) is 34.0. The van der Waals surface area contributed by atoms with Crippen molar-refractivity contribution in [1.29, 1.82) is 0 Å². The summed E-state index contributed by atoms with van der Waals surface area (Å²) in [5.41, 5.74) is 7.07. The Labute approximate surface area is 354 Å². The number of hydrogen-bond acceptors (Lipinski definition) is 10. The maximum atomic E-state index is 16.0. The van der Waals surface area contributed by atoms with Gasteiger partial charge < -0.3 is 19.3 Å². The lowest BCUT2D eigenvalue weighted by Gasteiger charge is -2.42. The van der Waals surface area contributed by atoms with Crippen LogP contribution in [0.2, 0.25) is 0 Å². The Morgan fingerprint density at radius 2 is 1.72 bits per heavy atom. The Morgan fingerprint density at radius 3 is 2.49 bits per heavy atom. The van der Waals surface area contributed by atoms with Gasteiger partial charge in [-0.15, -0.1) is 11.3 Å². The van der Waals surface area contributed by atoms with E-state index in [4.69, 9.17) is 0 Å². The third kappa shape index (κ3) is 6.50. The lowest BCUT2D eigenvalue weighted by atomic mass is 9.99. The Morgan fingerprint density at radius 1 is 0.902 bits per heavy atom. The van der Waals surface area contributed by atoms with Gasteiger partial charge in [0.2, 0.25) is 11.8 Å². The molecule has 61 heavy (non-hydrogen) atoms. The summed E-state index contributed by atoms with van der Waals surface area (Å²) in [5.74, 6) is -2.20. The predicted molar refractivity (Wildman–Crippen MR) is 223 cm³/mol. The Bertz CT molecular complexity index is 2630. The van der Waals surface area contributed by atoms with E-state index < -0.39 is 35.6 Å². The highest BCUT2D eigenvalue weighted by Gasteiger charge is 2.44. The minimum absolute atomic E-state index is 0.0505. The van der Waals surface area contributed by atoms with E-state index in [0.29, 0.717) is 47.0 Å². The van der Waals surface area contributed by atoms with E-state index in [2.05, 4.69) is 48.6 Å². The molecule has 4 atom stereocenters. The van der Waals surface area contributed by atoms with Crippen molar-refractivity contribution >= 4 is 51.7 Å². The number of thiazole rings is 1. The summed E-state index contributed by atoms with van der Waals surface area (Å²) >= 11 is 1.28. The molecular weight excluding hydrogens is 798 g/mol.